The van der Waals surface area contributed by atoms with E-state index in [2.05, 4.69) is 11.1 Å². The highest BCUT2D eigenvalue weighted by Gasteiger charge is 2.29. The summed E-state index contributed by atoms with van der Waals surface area (Å²) in [5.74, 6) is 0.902. The molecular formula is C23H24N4O2. The van der Waals surface area contributed by atoms with Gasteiger partial charge in [0.25, 0.3) is 5.91 Å². The van der Waals surface area contributed by atoms with Crippen molar-refractivity contribution in [1.29, 1.82) is 0 Å². The second kappa shape index (κ2) is 6.74. The van der Waals surface area contributed by atoms with Crippen molar-refractivity contribution in [3.8, 4) is 0 Å². The molecule has 0 bridgehead atoms. The maximum atomic E-state index is 12.9. The van der Waals surface area contributed by atoms with Crippen LogP contribution in [-0.4, -0.2) is 49.7 Å². The van der Waals surface area contributed by atoms with Crippen LogP contribution >= 0.6 is 0 Å². The molecule has 0 saturated carbocycles. The summed E-state index contributed by atoms with van der Waals surface area (Å²) in [6.45, 7) is 3.47. The van der Waals surface area contributed by atoms with E-state index in [1.165, 1.54) is 0 Å². The summed E-state index contributed by atoms with van der Waals surface area (Å²) in [4.78, 5) is 19.3. The number of amides is 1. The van der Waals surface area contributed by atoms with Crippen LogP contribution in [-0.2, 0) is 19.5 Å². The van der Waals surface area contributed by atoms with Crippen LogP contribution in [0.25, 0.3) is 21.9 Å². The number of likely N-dealkylation sites (N-methyl/N-ethyl adjacent to an activating group) is 1. The van der Waals surface area contributed by atoms with Crippen molar-refractivity contribution >= 4 is 27.8 Å². The van der Waals surface area contributed by atoms with Crippen molar-refractivity contribution < 1.29 is 9.90 Å². The number of imidazole rings is 1. The highest BCUT2D eigenvalue weighted by molar-refractivity contribution is 6.02. The monoisotopic (exact) mass is 388 g/mol. The Morgan fingerprint density at radius 3 is 2.55 bits per heavy atom. The lowest BCUT2D eigenvalue weighted by atomic mass is 10.0. The number of hydrogen-bond acceptors (Lipinski definition) is 3. The molecule has 148 valence electrons. The molecule has 2 aromatic carbocycles. The van der Waals surface area contributed by atoms with Gasteiger partial charge in [-0.05, 0) is 37.1 Å². The molecule has 0 aliphatic carbocycles. The second-order valence-corrected chi connectivity index (χ2v) is 7.84. The molecule has 1 aliphatic heterocycles. The molecule has 3 heterocycles. The number of carbonyl (C=O) groups excluding carboxylic acids is 1. The van der Waals surface area contributed by atoms with Gasteiger partial charge in [0.1, 0.15) is 11.5 Å². The second-order valence-electron chi connectivity index (χ2n) is 7.84. The van der Waals surface area contributed by atoms with Gasteiger partial charge in [-0.2, -0.15) is 0 Å². The Morgan fingerprint density at radius 2 is 1.72 bits per heavy atom. The summed E-state index contributed by atoms with van der Waals surface area (Å²) in [5.41, 5.74) is 4.76. The SMILES string of the molecule is Cc1nc2ccccc2n1C[C@@H](O)Cn1c2c(c3ccccc31)CCN(C)C2=O. The molecule has 5 rings (SSSR count). The van der Waals surface area contributed by atoms with Gasteiger partial charge in [0.05, 0.1) is 30.2 Å². The third-order valence-corrected chi connectivity index (χ3v) is 5.95. The number of para-hydroxylation sites is 3. The number of aliphatic hydroxyl groups is 1. The predicted molar refractivity (Wildman–Crippen MR) is 113 cm³/mol. The van der Waals surface area contributed by atoms with E-state index in [-0.39, 0.29) is 5.91 Å². The van der Waals surface area contributed by atoms with Crippen molar-refractivity contribution in [1.82, 2.24) is 19.0 Å². The molecule has 0 saturated heterocycles. The third-order valence-electron chi connectivity index (χ3n) is 5.95. The minimum Gasteiger partial charge on any atom is -0.389 e. The van der Waals surface area contributed by atoms with Crippen LogP contribution in [0.5, 0.6) is 0 Å². The number of aliphatic hydroxyl groups excluding tert-OH is 1. The third kappa shape index (κ3) is 2.83. The van der Waals surface area contributed by atoms with Gasteiger partial charge in [0, 0.05) is 24.5 Å². The molecule has 0 unspecified atom stereocenters. The number of hydrogen-bond donors (Lipinski definition) is 1. The van der Waals surface area contributed by atoms with Crippen molar-refractivity contribution in [3.63, 3.8) is 0 Å². The maximum Gasteiger partial charge on any atom is 0.270 e. The lowest BCUT2D eigenvalue weighted by Crippen LogP contribution is -2.36. The van der Waals surface area contributed by atoms with Crippen molar-refractivity contribution in [2.75, 3.05) is 13.6 Å². The smallest absolute Gasteiger partial charge is 0.270 e. The summed E-state index contributed by atoms with van der Waals surface area (Å²) in [7, 11) is 1.84. The summed E-state index contributed by atoms with van der Waals surface area (Å²) >= 11 is 0. The Kier molecular flexibility index (Phi) is 4.17. The van der Waals surface area contributed by atoms with Gasteiger partial charge in [-0.25, -0.2) is 4.98 Å². The zero-order chi connectivity index (χ0) is 20.1. The lowest BCUT2D eigenvalue weighted by molar-refractivity contribution is 0.0762. The average molecular weight is 388 g/mol. The van der Waals surface area contributed by atoms with Gasteiger partial charge in [-0.3, -0.25) is 4.79 Å². The van der Waals surface area contributed by atoms with Crippen LogP contribution in [0.15, 0.2) is 48.5 Å². The van der Waals surface area contributed by atoms with Gasteiger partial charge in [0.15, 0.2) is 0 Å². The summed E-state index contributed by atoms with van der Waals surface area (Å²) in [5, 5.41) is 12.1. The number of rotatable bonds is 4. The van der Waals surface area contributed by atoms with Gasteiger partial charge >= 0.3 is 0 Å². The zero-order valence-electron chi connectivity index (χ0n) is 16.7. The lowest BCUT2D eigenvalue weighted by Gasteiger charge is -2.25. The molecule has 6 nitrogen and oxygen atoms in total. The number of carbonyl (C=O) groups is 1. The van der Waals surface area contributed by atoms with Crippen LogP contribution in [0.1, 0.15) is 21.9 Å². The molecule has 1 N–H and O–H groups in total. The van der Waals surface area contributed by atoms with Crippen LogP contribution < -0.4 is 0 Å². The summed E-state index contributed by atoms with van der Waals surface area (Å²) in [6.07, 6.45) is 0.193. The Bertz CT molecular complexity index is 1240. The summed E-state index contributed by atoms with van der Waals surface area (Å²) in [6, 6.07) is 16.1. The number of aryl methyl sites for hydroxylation is 1. The van der Waals surface area contributed by atoms with E-state index in [0.717, 1.165) is 46.3 Å². The molecule has 0 fully saturated rings. The molecule has 4 aromatic rings. The van der Waals surface area contributed by atoms with Crippen molar-refractivity contribution in [2.45, 2.75) is 32.5 Å². The van der Waals surface area contributed by atoms with Gasteiger partial charge in [-0.1, -0.05) is 30.3 Å². The molecule has 1 atom stereocenters. The Labute approximate surface area is 169 Å². The first-order valence-electron chi connectivity index (χ1n) is 10.00. The molecular weight excluding hydrogens is 364 g/mol. The van der Waals surface area contributed by atoms with Crippen LogP contribution in [0.4, 0.5) is 0 Å². The van der Waals surface area contributed by atoms with Crippen LogP contribution in [0.2, 0.25) is 0 Å². The first-order chi connectivity index (χ1) is 14.0. The van der Waals surface area contributed by atoms with Crippen molar-refractivity contribution in [3.05, 3.63) is 65.6 Å². The fourth-order valence-electron chi connectivity index (χ4n) is 4.53. The van der Waals surface area contributed by atoms with Crippen LogP contribution in [0, 0.1) is 6.92 Å². The normalized spacial score (nSPS) is 15.3. The van der Waals surface area contributed by atoms with E-state index in [4.69, 9.17) is 0 Å². The number of fused-ring (bicyclic) bond motifs is 4. The molecule has 0 spiro atoms. The van der Waals surface area contributed by atoms with Gasteiger partial charge < -0.3 is 19.1 Å². The van der Waals surface area contributed by atoms with Crippen molar-refractivity contribution in [2.24, 2.45) is 0 Å². The van der Waals surface area contributed by atoms with E-state index in [0.29, 0.717) is 18.8 Å². The number of nitrogens with zero attached hydrogens (tertiary/aromatic N) is 4. The molecule has 6 heteroatoms. The van der Waals surface area contributed by atoms with E-state index in [1.807, 2.05) is 65.6 Å². The molecule has 29 heavy (non-hydrogen) atoms. The largest absolute Gasteiger partial charge is 0.389 e. The zero-order valence-corrected chi connectivity index (χ0v) is 16.7. The first kappa shape index (κ1) is 17.9. The van der Waals surface area contributed by atoms with Gasteiger partial charge in [0.2, 0.25) is 0 Å². The first-order valence-corrected chi connectivity index (χ1v) is 10.00. The summed E-state index contributed by atoms with van der Waals surface area (Å²) < 4.78 is 4.05. The number of benzene rings is 2. The minimum atomic E-state index is -0.647. The fraction of sp³-hybridized carbons (Fsp3) is 0.304. The minimum absolute atomic E-state index is 0.0268. The van der Waals surface area contributed by atoms with E-state index >= 15 is 0 Å². The molecule has 0 radical (unpaired) electrons. The van der Waals surface area contributed by atoms with Crippen LogP contribution in [0.3, 0.4) is 0 Å². The quantitative estimate of drug-likeness (QED) is 0.585. The number of aromatic nitrogens is 3. The van der Waals surface area contributed by atoms with E-state index < -0.39 is 6.10 Å². The molecule has 2 aromatic heterocycles. The Morgan fingerprint density at radius 1 is 1.03 bits per heavy atom. The highest BCUT2D eigenvalue weighted by atomic mass is 16.3. The Hall–Kier alpha value is -3.12. The van der Waals surface area contributed by atoms with E-state index in [1.54, 1.807) is 4.90 Å². The van der Waals surface area contributed by atoms with Gasteiger partial charge in [-0.15, -0.1) is 0 Å². The highest BCUT2D eigenvalue weighted by Crippen LogP contribution is 2.31. The maximum absolute atomic E-state index is 12.9. The molecule has 1 aliphatic rings. The average Bonchev–Trinajstić information content (AvgIpc) is 3.20. The molecule has 1 amide bonds. The fourth-order valence-corrected chi connectivity index (χ4v) is 4.53. The Balaban J connectivity index is 1.53. The van der Waals surface area contributed by atoms with E-state index in [9.17, 15) is 9.90 Å². The predicted octanol–water partition coefficient (Wildman–Crippen LogP) is 2.99. The standard InChI is InChI=1S/C23H24N4O2/c1-15-24-19-8-4-6-10-21(19)26(15)13-16(28)14-27-20-9-5-3-7-17(20)18-11-12-25(2)23(29)22(18)27/h3-10,16,28H,11-14H2,1-2H3/t16-/m1/s1. The topological polar surface area (TPSA) is 63.3 Å².